The third-order valence-electron chi connectivity index (χ3n) is 3.08. The number of nitrogens with zero attached hydrogens (tertiary/aromatic N) is 1. The number of ether oxygens (including phenoxy) is 1. The predicted molar refractivity (Wildman–Crippen MR) is 76.0 cm³/mol. The van der Waals surface area contributed by atoms with Crippen LogP contribution in [-0.4, -0.2) is 24.1 Å². The van der Waals surface area contributed by atoms with Crippen LogP contribution < -0.4 is 11.1 Å². The number of carbonyl (C=O) groups is 1. The molecule has 0 aliphatic heterocycles. The van der Waals surface area contributed by atoms with E-state index < -0.39 is 6.04 Å². The summed E-state index contributed by atoms with van der Waals surface area (Å²) in [5.41, 5.74) is 7.71. The molecule has 1 atom stereocenters. The van der Waals surface area contributed by atoms with E-state index in [2.05, 4.69) is 10.3 Å². The fourth-order valence-electron chi connectivity index (χ4n) is 2.04. The predicted octanol–water partition coefficient (Wildman–Crippen LogP) is 2.10. The van der Waals surface area contributed by atoms with Gasteiger partial charge < -0.3 is 15.8 Å². The van der Waals surface area contributed by atoms with E-state index in [4.69, 9.17) is 10.5 Å². The average molecular weight is 259 g/mol. The van der Waals surface area contributed by atoms with Crippen molar-refractivity contribution in [2.24, 2.45) is 0 Å². The minimum atomic E-state index is -0.469. The Hall–Kier alpha value is -2.30. The largest absolute Gasteiger partial charge is 0.467 e. The van der Waals surface area contributed by atoms with Gasteiger partial charge in [0.2, 0.25) is 0 Å². The van der Waals surface area contributed by atoms with E-state index >= 15 is 0 Å². The molecule has 0 saturated carbocycles. The van der Waals surface area contributed by atoms with Gasteiger partial charge in [-0.1, -0.05) is 6.07 Å². The third kappa shape index (κ3) is 2.45. The van der Waals surface area contributed by atoms with Crippen LogP contribution in [0.15, 0.2) is 24.4 Å². The number of aromatic nitrogens is 1. The molecule has 1 heterocycles. The Morgan fingerprint density at radius 1 is 1.42 bits per heavy atom. The zero-order valence-corrected chi connectivity index (χ0v) is 11.2. The van der Waals surface area contributed by atoms with Crippen LogP contribution in [0.1, 0.15) is 12.5 Å². The highest BCUT2D eigenvalue weighted by molar-refractivity contribution is 6.01. The molecule has 5 heteroatoms. The number of aryl methyl sites for hydroxylation is 1. The van der Waals surface area contributed by atoms with Gasteiger partial charge in [-0.15, -0.1) is 0 Å². The molecular weight excluding hydrogens is 242 g/mol. The van der Waals surface area contributed by atoms with Crippen LogP contribution in [0.25, 0.3) is 10.8 Å². The number of hydrogen-bond acceptors (Lipinski definition) is 5. The van der Waals surface area contributed by atoms with Gasteiger partial charge in [-0.05, 0) is 31.5 Å². The normalized spacial score (nSPS) is 12.2. The van der Waals surface area contributed by atoms with E-state index in [0.717, 1.165) is 16.3 Å². The summed E-state index contributed by atoms with van der Waals surface area (Å²) in [4.78, 5) is 15.8. The summed E-state index contributed by atoms with van der Waals surface area (Å²) >= 11 is 0. The number of nitrogens with one attached hydrogen (secondary N) is 1. The number of hydrogen-bond donors (Lipinski definition) is 2. The number of anilines is 2. The number of esters is 1. The summed E-state index contributed by atoms with van der Waals surface area (Å²) in [6.07, 6.45) is 1.67. The molecule has 0 amide bonds. The molecule has 0 bridgehead atoms. The van der Waals surface area contributed by atoms with Crippen molar-refractivity contribution in [2.75, 3.05) is 18.2 Å². The second-order valence-electron chi connectivity index (χ2n) is 4.44. The molecule has 0 radical (unpaired) electrons. The van der Waals surface area contributed by atoms with Gasteiger partial charge in [0.25, 0.3) is 0 Å². The van der Waals surface area contributed by atoms with E-state index in [9.17, 15) is 4.79 Å². The molecule has 0 saturated heterocycles. The van der Waals surface area contributed by atoms with Gasteiger partial charge >= 0.3 is 5.97 Å². The van der Waals surface area contributed by atoms with E-state index in [1.54, 1.807) is 13.1 Å². The minimum absolute atomic E-state index is 0.333. The smallest absolute Gasteiger partial charge is 0.328 e. The fraction of sp³-hybridized carbons (Fsp3) is 0.286. The number of benzene rings is 1. The van der Waals surface area contributed by atoms with Gasteiger partial charge in [0, 0.05) is 22.7 Å². The Kier molecular flexibility index (Phi) is 3.55. The number of nitrogen functional groups attached to an aromatic ring is 1. The number of pyridine rings is 1. The van der Waals surface area contributed by atoms with Crippen LogP contribution in [0.3, 0.4) is 0 Å². The first-order valence-electron chi connectivity index (χ1n) is 6.02. The van der Waals surface area contributed by atoms with Crippen molar-refractivity contribution < 1.29 is 9.53 Å². The maximum atomic E-state index is 11.5. The zero-order valence-electron chi connectivity index (χ0n) is 11.2. The highest BCUT2D eigenvalue weighted by atomic mass is 16.5. The summed E-state index contributed by atoms with van der Waals surface area (Å²) < 4.78 is 4.70. The van der Waals surface area contributed by atoms with Gasteiger partial charge in [0.05, 0.1) is 7.11 Å². The standard InChI is InChI=1S/C14H17N3O2/c1-8-4-5-11(15)10-6-7-16-13(12(8)10)17-9(2)14(18)19-3/h4-7,9H,15H2,1-3H3,(H,16,17). The molecular formula is C14H17N3O2. The van der Waals surface area contributed by atoms with Crippen LogP contribution in [0.4, 0.5) is 11.5 Å². The Morgan fingerprint density at radius 3 is 2.84 bits per heavy atom. The number of methoxy groups -OCH3 is 1. The van der Waals surface area contributed by atoms with E-state index in [1.807, 2.05) is 25.1 Å². The first-order valence-corrected chi connectivity index (χ1v) is 6.02. The summed E-state index contributed by atoms with van der Waals surface area (Å²) in [5.74, 6) is 0.306. The van der Waals surface area contributed by atoms with E-state index in [0.29, 0.717) is 11.5 Å². The Bertz CT molecular complexity index is 625. The molecule has 0 aliphatic carbocycles. The van der Waals surface area contributed by atoms with Crippen molar-refractivity contribution in [2.45, 2.75) is 19.9 Å². The number of carbonyl (C=O) groups excluding carboxylic acids is 1. The highest BCUT2D eigenvalue weighted by Gasteiger charge is 2.15. The zero-order chi connectivity index (χ0) is 14.0. The first-order chi connectivity index (χ1) is 9.04. The number of fused-ring (bicyclic) bond motifs is 1. The van der Waals surface area contributed by atoms with Crippen LogP contribution in [0, 0.1) is 6.92 Å². The van der Waals surface area contributed by atoms with Crippen molar-refractivity contribution >= 4 is 28.2 Å². The Morgan fingerprint density at radius 2 is 2.16 bits per heavy atom. The van der Waals surface area contributed by atoms with Gasteiger partial charge in [-0.2, -0.15) is 0 Å². The lowest BCUT2D eigenvalue weighted by Gasteiger charge is -2.15. The van der Waals surface area contributed by atoms with Gasteiger partial charge in [-0.25, -0.2) is 9.78 Å². The quantitative estimate of drug-likeness (QED) is 0.652. The highest BCUT2D eigenvalue weighted by Crippen LogP contribution is 2.29. The van der Waals surface area contributed by atoms with E-state index in [1.165, 1.54) is 7.11 Å². The van der Waals surface area contributed by atoms with Crippen molar-refractivity contribution in [3.05, 3.63) is 30.0 Å². The molecule has 2 aromatic rings. The SMILES string of the molecule is COC(=O)C(C)Nc1nccc2c(N)ccc(C)c12. The van der Waals surface area contributed by atoms with Crippen molar-refractivity contribution in [3.8, 4) is 0 Å². The molecule has 0 spiro atoms. The van der Waals surface area contributed by atoms with E-state index in [-0.39, 0.29) is 5.97 Å². The molecule has 0 aliphatic rings. The van der Waals surface area contributed by atoms with Crippen LogP contribution in [0.5, 0.6) is 0 Å². The van der Waals surface area contributed by atoms with Gasteiger partial charge in [-0.3, -0.25) is 0 Å². The maximum Gasteiger partial charge on any atom is 0.328 e. The van der Waals surface area contributed by atoms with Crippen molar-refractivity contribution in [1.29, 1.82) is 0 Å². The number of rotatable bonds is 3. The lowest BCUT2D eigenvalue weighted by atomic mass is 10.0. The van der Waals surface area contributed by atoms with Gasteiger partial charge in [0.15, 0.2) is 0 Å². The van der Waals surface area contributed by atoms with Crippen molar-refractivity contribution in [3.63, 3.8) is 0 Å². The molecule has 5 nitrogen and oxygen atoms in total. The fourth-order valence-corrected chi connectivity index (χ4v) is 2.04. The van der Waals surface area contributed by atoms with Crippen molar-refractivity contribution in [1.82, 2.24) is 4.98 Å². The molecule has 2 rings (SSSR count). The molecule has 1 aromatic carbocycles. The summed E-state index contributed by atoms with van der Waals surface area (Å²) in [6, 6.07) is 5.20. The van der Waals surface area contributed by atoms with Gasteiger partial charge in [0.1, 0.15) is 11.9 Å². The second-order valence-corrected chi connectivity index (χ2v) is 4.44. The first kappa shape index (κ1) is 13.1. The lowest BCUT2D eigenvalue weighted by Crippen LogP contribution is -2.27. The number of nitrogens with two attached hydrogens (primary N) is 1. The van der Waals surface area contributed by atoms with Crippen LogP contribution in [-0.2, 0) is 9.53 Å². The molecule has 1 aromatic heterocycles. The summed E-state index contributed by atoms with van der Waals surface area (Å²) in [6.45, 7) is 3.71. The summed E-state index contributed by atoms with van der Waals surface area (Å²) in [7, 11) is 1.36. The third-order valence-corrected chi connectivity index (χ3v) is 3.08. The van der Waals surface area contributed by atoms with Crippen LogP contribution in [0.2, 0.25) is 0 Å². The maximum absolute atomic E-state index is 11.5. The molecule has 100 valence electrons. The topological polar surface area (TPSA) is 77.2 Å². The lowest BCUT2D eigenvalue weighted by molar-refractivity contribution is -0.141. The van der Waals surface area contributed by atoms with Crippen LogP contribution >= 0.6 is 0 Å². The summed E-state index contributed by atoms with van der Waals surface area (Å²) in [5, 5.41) is 4.92. The second kappa shape index (κ2) is 5.14. The molecule has 0 fully saturated rings. The monoisotopic (exact) mass is 259 g/mol. The Balaban J connectivity index is 2.50. The molecule has 1 unspecified atom stereocenters. The minimum Gasteiger partial charge on any atom is -0.467 e. The molecule has 19 heavy (non-hydrogen) atoms. The molecule has 3 N–H and O–H groups in total. The Labute approximate surface area is 111 Å². The average Bonchev–Trinajstić information content (AvgIpc) is 2.42.